The lowest BCUT2D eigenvalue weighted by molar-refractivity contribution is -0.153. The number of anilines is 1. The topological polar surface area (TPSA) is 90.9 Å². The van der Waals surface area contributed by atoms with Crippen molar-refractivity contribution in [2.45, 2.75) is 25.9 Å². The molecule has 1 amide bonds. The first-order valence-corrected chi connectivity index (χ1v) is 9.05. The van der Waals surface area contributed by atoms with Gasteiger partial charge in [-0.15, -0.1) is 0 Å². The number of amides is 1. The van der Waals surface area contributed by atoms with Crippen LogP contribution >= 0.6 is 0 Å². The lowest BCUT2D eigenvalue weighted by Crippen LogP contribution is -2.38. The van der Waals surface area contributed by atoms with Crippen molar-refractivity contribution in [2.24, 2.45) is 0 Å². The van der Waals surface area contributed by atoms with E-state index in [-0.39, 0.29) is 18.3 Å². The molecule has 0 saturated heterocycles. The molecule has 28 heavy (non-hydrogen) atoms. The molecule has 0 fully saturated rings. The largest absolute Gasteiger partial charge is 0.485 e. The summed E-state index contributed by atoms with van der Waals surface area (Å²) in [6.07, 6.45) is 0.280. The standard InChI is InChI=1S/C21H21NO6/c1-2-5-20(24)22-15-10-8-14(9-11-15)16(23)12-27-21(25)19-13-26-17-6-3-4-7-18(17)28-19/h3-4,6-11,19H,2,5,12-13H2,1H3,(H,22,24)/t19-/m1/s1. The van der Waals surface area contributed by atoms with Crippen LogP contribution < -0.4 is 14.8 Å². The smallest absolute Gasteiger partial charge is 0.351 e. The molecule has 0 bridgehead atoms. The number of ketones is 1. The predicted molar refractivity (Wildman–Crippen MR) is 102 cm³/mol. The third-order valence-corrected chi connectivity index (χ3v) is 4.08. The summed E-state index contributed by atoms with van der Waals surface area (Å²) in [6, 6.07) is 13.4. The Bertz CT molecular complexity index is 861. The van der Waals surface area contributed by atoms with Gasteiger partial charge in [0.1, 0.15) is 6.61 Å². The second-order valence-corrected chi connectivity index (χ2v) is 6.27. The number of hydrogen-bond acceptors (Lipinski definition) is 6. The average Bonchev–Trinajstić information content (AvgIpc) is 2.72. The van der Waals surface area contributed by atoms with E-state index >= 15 is 0 Å². The van der Waals surface area contributed by atoms with Crippen molar-refractivity contribution in [3.05, 3.63) is 54.1 Å². The van der Waals surface area contributed by atoms with E-state index in [1.807, 2.05) is 6.92 Å². The van der Waals surface area contributed by atoms with E-state index in [4.69, 9.17) is 14.2 Å². The van der Waals surface area contributed by atoms with Gasteiger partial charge >= 0.3 is 5.97 Å². The summed E-state index contributed by atoms with van der Waals surface area (Å²) < 4.78 is 16.1. The Balaban J connectivity index is 1.50. The molecule has 1 aliphatic rings. The predicted octanol–water partition coefficient (Wildman–Crippen LogP) is 2.99. The number of carbonyl (C=O) groups excluding carboxylic acids is 3. The van der Waals surface area contributed by atoms with Crippen LogP contribution in [0, 0.1) is 0 Å². The third-order valence-electron chi connectivity index (χ3n) is 4.08. The minimum atomic E-state index is -0.918. The summed E-state index contributed by atoms with van der Waals surface area (Å²) in [5.74, 6) is -0.0634. The van der Waals surface area contributed by atoms with E-state index in [0.717, 1.165) is 6.42 Å². The van der Waals surface area contributed by atoms with Crippen LogP contribution in [0.5, 0.6) is 11.5 Å². The van der Waals surface area contributed by atoms with Gasteiger partial charge in [0.05, 0.1) is 0 Å². The number of Topliss-reactive ketones (excluding diaryl/α,β-unsaturated/α-hetero) is 1. The maximum Gasteiger partial charge on any atom is 0.351 e. The number of fused-ring (bicyclic) bond motifs is 1. The van der Waals surface area contributed by atoms with E-state index < -0.39 is 18.7 Å². The van der Waals surface area contributed by atoms with Crippen molar-refractivity contribution in [3.8, 4) is 11.5 Å². The normalized spacial score (nSPS) is 14.8. The molecule has 0 aliphatic carbocycles. The molecule has 7 heteroatoms. The van der Waals surface area contributed by atoms with Gasteiger partial charge in [-0.2, -0.15) is 0 Å². The summed E-state index contributed by atoms with van der Waals surface area (Å²) in [5, 5.41) is 2.74. The van der Waals surface area contributed by atoms with Crippen molar-refractivity contribution >= 4 is 23.3 Å². The summed E-state index contributed by atoms with van der Waals surface area (Å²) >= 11 is 0. The van der Waals surface area contributed by atoms with Gasteiger partial charge in [-0.25, -0.2) is 4.79 Å². The van der Waals surface area contributed by atoms with E-state index in [0.29, 0.717) is 29.2 Å². The number of esters is 1. The maximum absolute atomic E-state index is 12.2. The Morgan fingerprint density at radius 2 is 1.79 bits per heavy atom. The minimum absolute atomic E-state index is 0.0240. The lowest BCUT2D eigenvalue weighted by Gasteiger charge is -2.24. The Morgan fingerprint density at radius 1 is 1.07 bits per heavy atom. The molecule has 0 aromatic heterocycles. The van der Waals surface area contributed by atoms with Crippen LogP contribution in [0.3, 0.4) is 0 Å². The van der Waals surface area contributed by atoms with Gasteiger partial charge in [0, 0.05) is 17.7 Å². The monoisotopic (exact) mass is 383 g/mol. The van der Waals surface area contributed by atoms with Gasteiger partial charge in [-0.3, -0.25) is 9.59 Å². The highest BCUT2D eigenvalue weighted by Gasteiger charge is 2.29. The molecule has 1 heterocycles. The van der Waals surface area contributed by atoms with Crippen LogP contribution in [0.4, 0.5) is 5.69 Å². The van der Waals surface area contributed by atoms with Crippen molar-refractivity contribution < 1.29 is 28.6 Å². The third kappa shape index (κ3) is 4.88. The number of benzene rings is 2. The summed E-state index contributed by atoms with van der Waals surface area (Å²) in [7, 11) is 0. The van der Waals surface area contributed by atoms with Gasteiger partial charge in [0.2, 0.25) is 12.0 Å². The summed E-state index contributed by atoms with van der Waals surface area (Å²) in [4.78, 5) is 36.0. The summed E-state index contributed by atoms with van der Waals surface area (Å²) in [6.45, 7) is 1.55. The molecule has 1 N–H and O–H groups in total. The first-order valence-electron chi connectivity index (χ1n) is 9.05. The molecular formula is C21H21NO6. The molecular weight excluding hydrogens is 362 g/mol. The van der Waals surface area contributed by atoms with Crippen molar-refractivity contribution in [2.75, 3.05) is 18.5 Å². The van der Waals surface area contributed by atoms with Gasteiger partial charge in [-0.1, -0.05) is 19.1 Å². The highest BCUT2D eigenvalue weighted by molar-refractivity contribution is 5.99. The number of ether oxygens (including phenoxy) is 3. The van der Waals surface area contributed by atoms with Crippen LogP contribution in [-0.4, -0.2) is 37.0 Å². The van der Waals surface area contributed by atoms with Gasteiger partial charge in [0.25, 0.3) is 0 Å². The second-order valence-electron chi connectivity index (χ2n) is 6.27. The molecule has 2 aromatic rings. The Kier molecular flexibility index (Phi) is 6.26. The zero-order valence-electron chi connectivity index (χ0n) is 15.5. The molecule has 2 aromatic carbocycles. The quantitative estimate of drug-likeness (QED) is 0.584. The Hall–Kier alpha value is -3.35. The number of rotatable bonds is 7. The molecule has 146 valence electrons. The first-order chi connectivity index (χ1) is 13.6. The molecule has 0 unspecified atom stereocenters. The van der Waals surface area contributed by atoms with E-state index in [9.17, 15) is 14.4 Å². The van der Waals surface area contributed by atoms with Gasteiger partial charge in [0.15, 0.2) is 23.9 Å². The van der Waals surface area contributed by atoms with Crippen LogP contribution in [0.2, 0.25) is 0 Å². The molecule has 0 radical (unpaired) electrons. The first kappa shape index (κ1) is 19.4. The van der Waals surface area contributed by atoms with Gasteiger partial charge < -0.3 is 19.5 Å². The molecule has 0 spiro atoms. The average molecular weight is 383 g/mol. The Morgan fingerprint density at radius 3 is 2.50 bits per heavy atom. The number of nitrogens with one attached hydrogen (secondary N) is 1. The number of carbonyl (C=O) groups is 3. The zero-order chi connectivity index (χ0) is 19.9. The van der Waals surface area contributed by atoms with Crippen molar-refractivity contribution in [1.82, 2.24) is 0 Å². The SMILES string of the molecule is CCCC(=O)Nc1ccc(C(=O)COC(=O)[C@H]2COc3ccccc3O2)cc1. The highest BCUT2D eigenvalue weighted by atomic mass is 16.6. The van der Waals surface area contributed by atoms with Crippen LogP contribution in [0.15, 0.2) is 48.5 Å². The molecule has 3 rings (SSSR count). The molecule has 1 aliphatic heterocycles. The lowest BCUT2D eigenvalue weighted by atomic mass is 10.1. The van der Waals surface area contributed by atoms with E-state index in [1.54, 1.807) is 48.5 Å². The zero-order valence-corrected chi connectivity index (χ0v) is 15.5. The molecule has 7 nitrogen and oxygen atoms in total. The fourth-order valence-corrected chi connectivity index (χ4v) is 2.64. The Labute approximate surface area is 162 Å². The van der Waals surface area contributed by atoms with Crippen LogP contribution in [0.25, 0.3) is 0 Å². The van der Waals surface area contributed by atoms with Crippen LogP contribution in [0.1, 0.15) is 30.1 Å². The maximum atomic E-state index is 12.2. The van der Waals surface area contributed by atoms with E-state index in [2.05, 4.69) is 5.32 Å². The fourth-order valence-electron chi connectivity index (χ4n) is 2.64. The van der Waals surface area contributed by atoms with E-state index in [1.165, 1.54) is 0 Å². The fraction of sp³-hybridized carbons (Fsp3) is 0.286. The van der Waals surface area contributed by atoms with Gasteiger partial charge in [-0.05, 0) is 42.8 Å². The number of para-hydroxylation sites is 2. The van der Waals surface area contributed by atoms with Crippen molar-refractivity contribution in [3.63, 3.8) is 0 Å². The molecule has 0 saturated carbocycles. The van der Waals surface area contributed by atoms with Crippen LogP contribution in [-0.2, 0) is 14.3 Å². The molecule has 1 atom stereocenters. The van der Waals surface area contributed by atoms with Crippen molar-refractivity contribution in [1.29, 1.82) is 0 Å². The summed E-state index contributed by atoms with van der Waals surface area (Å²) in [5.41, 5.74) is 0.992. The minimum Gasteiger partial charge on any atom is -0.485 e. The number of hydrogen-bond donors (Lipinski definition) is 1. The second kappa shape index (κ2) is 9.03. The highest BCUT2D eigenvalue weighted by Crippen LogP contribution is 2.31.